The van der Waals surface area contributed by atoms with E-state index in [1.165, 1.54) is 24.1 Å². The zero-order valence-corrected chi connectivity index (χ0v) is 11.3. The molecule has 1 atom stereocenters. The second-order valence-corrected chi connectivity index (χ2v) is 5.76. The third kappa shape index (κ3) is 2.91. The Morgan fingerprint density at radius 2 is 2.05 bits per heavy atom. The number of benzene rings is 1. The zero-order chi connectivity index (χ0) is 13.1. The van der Waals surface area contributed by atoms with Gasteiger partial charge in [-0.25, -0.2) is 0 Å². The minimum atomic E-state index is 0.255. The van der Waals surface area contributed by atoms with E-state index in [1.807, 2.05) is 0 Å². The molecular weight excluding hydrogens is 236 g/mol. The van der Waals surface area contributed by atoms with Crippen LogP contribution in [0.5, 0.6) is 0 Å². The van der Waals surface area contributed by atoms with Crippen LogP contribution in [0.2, 0.25) is 0 Å². The quantitative estimate of drug-likeness (QED) is 0.875. The molecule has 1 fully saturated rings. The van der Waals surface area contributed by atoms with Crippen LogP contribution >= 0.6 is 0 Å². The second kappa shape index (κ2) is 5.64. The lowest BCUT2D eigenvalue weighted by Crippen LogP contribution is -2.40. The molecule has 1 amide bonds. The molecule has 1 aliphatic heterocycles. The fourth-order valence-electron chi connectivity index (χ4n) is 2.90. The number of para-hydroxylation sites is 1. The van der Waals surface area contributed by atoms with Crippen LogP contribution in [-0.2, 0) is 11.2 Å². The van der Waals surface area contributed by atoms with E-state index in [9.17, 15) is 4.79 Å². The Morgan fingerprint density at radius 3 is 2.84 bits per heavy atom. The average molecular weight is 258 g/mol. The molecule has 19 heavy (non-hydrogen) atoms. The van der Waals surface area contributed by atoms with Crippen LogP contribution in [0.1, 0.15) is 37.7 Å². The largest absolute Gasteiger partial charge is 0.380 e. The van der Waals surface area contributed by atoms with Crippen molar-refractivity contribution in [2.45, 2.75) is 44.6 Å². The number of fused-ring (bicyclic) bond motifs is 1. The fourth-order valence-corrected chi connectivity index (χ4v) is 2.90. The maximum atomic E-state index is 11.9. The molecule has 0 bridgehead atoms. The van der Waals surface area contributed by atoms with Crippen molar-refractivity contribution in [2.24, 2.45) is 5.92 Å². The normalized spacial score (nSPS) is 22.6. The molecule has 1 aromatic carbocycles. The number of carbonyl (C=O) groups is 1. The van der Waals surface area contributed by atoms with Gasteiger partial charge in [0, 0.05) is 24.2 Å². The van der Waals surface area contributed by atoms with Crippen LogP contribution in [0.25, 0.3) is 0 Å². The van der Waals surface area contributed by atoms with Crippen molar-refractivity contribution < 1.29 is 4.79 Å². The van der Waals surface area contributed by atoms with Gasteiger partial charge in [-0.15, -0.1) is 0 Å². The Kier molecular flexibility index (Phi) is 3.72. The van der Waals surface area contributed by atoms with Gasteiger partial charge in [-0.2, -0.15) is 0 Å². The van der Waals surface area contributed by atoms with Crippen molar-refractivity contribution >= 4 is 11.6 Å². The summed E-state index contributed by atoms with van der Waals surface area (Å²) in [6, 6.07) is 8.87. The van der Waals surface area contributed by atoms with E-state index >= 15 is 0 Å². The van der Waals surface area contributed by atoms with Gasteiger partial charge < -0.3 is 10.6 Å². The molecule has 1 saturated carbocycles. The molecular formula is C16H22N2O. The van der Waals surface area contributed by atoms with Crippen molar-refractivity contribution in [3.05, 3.63) is 29.8 Å². The minimum Gasteiger partial charge on any atom is -0.380 e. The lowest BCUT2D eigenvalue weighted by Gasteiger charge is -2.26. The first-order valence-corrected chi connectivity index (χ1v) is 7.45. The highest BCUT2D eigenvalue weighted by atomic mass is 16.1. The van der Waals surface area contributed by atoms with Crippen LogP contribution in [0.15, 0.2) is 24.3 Å². The van der Waals surface area contributed by atoms with Crippen LogP contribution in [-0.4, -0.2) is 18.5 Å². The van der Waals surface area contributed by atoms with E-state index in [-0.39, 0.29) is 11.8 Å². The van der Waals surface area contributed by atoms with Gasteiger partial charge in [0.2, 0.25) is 5.91 Å². The van der Waals surface area contributed by atoms with E-state index < -0.39 is 0 Å². The molecule has 0 saturated heterocycles. The molecule has 3 nitrogen and oxygen atoms in total. The van der Waals surface area contributed by atoms with Gasteiger partial charge in [-0.1, -0.05) is 24.6 Å². The fraction of sp³-hybridized carbons (Fsp3) is 0.562. The molecule has 1 aromatic rings. The number of aryl methyl sites for hydroxylation is 1. The number of hydrogen-bond donors (Lipinski definition) is 2. The summed E-state index contributed by atoms with van der Waals surface area (Å²) in [6.07, 6.45) is 6.82. The predicted octanol–water partition coefficient (Wildman–Crippen LogP) is 2.72. The molecule has 0 aromatic heterocycles. The maximum absolute atomic E-state index is 11.9. The summed E-state index contributed by atoms with van der Waals surface area (Å²) >= 11 is 0. The maximum Gasteiger partial charge on any atom is 0.223 e. The monoisotopic (exact) mass is 258 g/mol. The van der Waals surface area contributed by atoms with Crippen molar-refractivity contribution in [3.8, 4) is 0 Å². The molecule has 1 unspecified atom stereocenters. The van der Waals surface area contributed by atoms with E-state index in [2.05, 4.69) is 34.9 Å². The molecule has 3 heteroatoms. The van der Waals surface area contributed by atoms with Gasteiger partial charge in [-0.3, -0.25) is 4.79 Å². The molecule has 1 heterocycles. The highest BCUT2D eigenvalue weighted by Crippen LogP contribution is 2.26. The first-order valence-electron chi connectivity index (χ1n) is 7.45. The molecule has 0 spiro atoms. The highest BCUT2D eigenvalue weighted by Gasteiger charge is 2.25. The first-order chi connectivity index (χ1) is 9.33. The summed E-state index contributed by atoms with van der Waals surface area (Å²) in [7, 11) is 0. The smallest absolute Gasteiger partial charge is 0.223 e. The summed E-state index contributed by atoms with van der Waals surface area (Å²) in [5.74, 6) is 0.545. The lowest BCUT2D eigenvalue weighted by atomic mass is 9.85. The average Bonchev–Trinajstić information content (AvgIpc) is 2.56. The van der Waals surface area contributed by atoms with E-state index in [1.54, 1.807) is 0 Å². The van der Waals surface area contributed by atoms with Gasteiger partial charge in [0.25, 0.3) is 0 Å². The number of hydrogen-bond acceptors (Lipinski definition) is 2. The number of carbonyl (C=O) groups excluding carboxylic acids is 1. The van der Waals surface area contributed by atoms with Gasteiger partial charge in [-0.05, 0) is 43.7 Å². The van der Waals surface area contributed by atoms with E-state index in [0.717, 1.165) is 32.2 Å². The van der Waals surface area contributed by atoms with Crippen LogP contribution in [0.4, 0.5) is 5.69 Å². The van der Waals surface area contributed by atoms with Crippen molar-refractivity contribution in [1.82, 2.24) is 5.32 Å². The lowest BCUT2D eigenvalue weighted by molar-refractivity contribution is -0.127. The summed E-state index contributed by atoms with van der Waals surface area (Å²) in [5.41, 5.74) is 2.64. The Balaban J connectivity index is 1.55. The van der Waals surface area contributed by atoms with Crippen molar-refractivity contribution in [1.29, 1.82) is 0 Å². The predicted molar refractivity (Wildman–Crippen MR) is 77.1 cm³/mol. The van der Waals surface area contributed by atoms with Crippen molar-refractivity contribution in [2.75, 3.05) is 11.9 Å². The molecule has 102 valence electrons. The van der Waals surface area contributed by atoms with Crippen LogP contribution in [0, 0.1) is 5.92 Å². The standard InChI is InChI=1S/C16H22N2O/c19-16(13-7-3-8-13)17-11-14-9-4-6-12-5-1-2-10-15(12)18-14/h1-2,5,10,13-14,18H,3-4,6-9,11H2,(H,17,19). The topological polar surface area (TPSA) is 41.1 Å². The van der Waals surface area contributed by atoms with E-state index in [0.29, 0.717) is 6.04 Å². The Morgan fingerprint density at radius 1 is 1.21 bits per heavy atom. The summed E-state index contributed by atoms with van der Waals surface area (Å²) in [6.45, 7) is 0.754. The number of rotatable bonds is 3. The summed E-state index contributed by atoms with van der Waals surface area (Å²) in [4.78, 5) is 11.9. The first kappa shape index (κ1) is 12.5. The highest BCUT2D eigenvalue weighted by molar-refractivity contribution is 5.79. The molecule has 2 N–H and O–H groups in total. The third-order valence-corrected chi connectivity index (χ3v) is 4.37. The van der Waals surface area contributed by atoms with Gasteiger partial charge >= 0.3 is 0 Å². The third-order valence-electron chi connectivity index (χ3n) is 4.37. The van der Waals surface area contributed by atoms with E-state index in [4.69, 9.17) is 0 Å². The molecule has 3 rings (SSSR count). The van der Waals surface area contributed by atoms with Gasteiger partial charge in [0.1, 0.15) is 0 Å². The molecule has 0 radical (unpaired) electrons. The minimum absolute atomic E-state index is 0.255. The summed E-state index contributed by atoms with van der Waals surface area (Å²) in [5, 5.41) is 6.69. The van der Waals surface area contributed by atoms with Crippen LogP contribution < -0.4 is 10.6 Å². The Bertz CT molecular complexity index is 454. The SMILES string of the molecule is O=C(NCC1CCCc2ccccc2N1)C1CCC1. The van der Waals surface area contributed by atoms with Crippen molar-refractivity contribution in [3.63, 3.8) is 0 Å². The second-order valence-electron chi connectivity index (χ2n) is 5.76. The zero-order valence-electron chi connectivity index (χ0n) is 11.3. The van der Waals surface area contributed by atoms with Gasteiger partial charge in [0.15, 0.2) is 0 Å². The number of nitrogens with one attached hydrogen (secondary N) is 2. The Hall–Kier alpha value is -1.51. The molecule has 2 aliphatic rings. The number of amides is 1. The summed E-state index contributed by atoms with van der Waals surface area (Å²) < 4.78 is 0. The number of anilines is 1. The van der Waals surface area contributed by atoms with Gasteiger partial charge in [0.05, 0.1) is 0 Å². The Labute approximate surface area is 114 Å². The van der Waals surface area contributed by atoms with Crippen LogP contribution in [0.3, 0.4) is 0 Å². The molecule has 1 aliphatic carbocycles.